The maximum atomic E-state index is 5.50. The number of fused-ring (bicyclic) bond motifs is 1. The summed E-state index contributed by atoms with van der Waals surface area (Å²) in [7, 11) is 1.69. The van der Waals surface area contributed by atoms with Gasteiger partial charge in [-0.1, -0.05) is 12.1 Å². The summed E-state index contributed by atoms with van der Waals surface area (Å²) in [4.78, 5) is 13.9. The van der Waals surface area contributed by atoms with E-state index in [2.05, 4.69) is 57.2 Å². The summed E-state index contributed by atoms with van der Waals surface area (Å²) < 4.78 is 7.77. The molecule has 1 aromatic carbocycles. The van der Waals surface area contributed by atoms with Crippen molar-refractivity contribution in [3.05, 3.63) is 53.1 Å². The lowest BCUT2D eigenvalue weighted by atomic mass is 10.1. The summed E-state index contributed by atoms with van der Waals surface area (Å²) in [5.74, 6) is 2.73. The van der Waals surface area contributed by atoms with Crippen molar-refractivity contribution in [1.29, 1.82) is 0 Å². The maximum absolute atomic E-state index is 5.50. The van der Waals surface area contributed by atoms with Crippen molar-refractivity contribution in [3.8, 4) is 5.75 Å². The predicted octanol–water partition coefficient (Wildman–Crippen LogP) is 3.51. The zero-order valence-corrected chi connectivity index (χ0v) is 18.6. The van der Waals surface area contributed by atoms with E-state index in [0.717, 1.165) is 65.9 Å². The van der Waals surface area contributed by atoms with Crippen molar-refractivity contribution in [2.75, 3.05) is 20.2 Å². The summed E-state index contributed by atoms with van der Waals surface area (Å²) in [6.45, 7) is 11.2. The summed E-state index contributed by atoms with van der Waals surface area (Å²) in [6, 6.07) is 8.27. The Kier molecular flexibility index (Phi) is 7.27. The van der Waals surface area contributed by atoms with E-state index in [-0.39, 0.29) is 0 Å². The van der Waals surface area contributed by atoms with E-state index in [1.54, 1.807) is 7.11 Å². The topological polar surface area (TPSA) is 76.4 Å². The lowest BCUT2D eigenvalue weighted by Gasteiger charge is -2.14. The Hall–Kier alpha value is -3.09. The number of aryl methyl sites for hydroxylation is 3. The third kappa shape index (κ3) is 4.90. The molecule has 3 rings (SSSR count). The average molecular weight is 409 g/mol. The normalized spacial score (nSPS) is 11.7. The third-order valence-corrected chi connectivity index (χ3v) is 5.18. The highest BCUT2D eigenvalue weighted by Gasteiger charge is 2.10. The molecule has 0 amide bonds. The Labute approximate surface area is 178 Å². The Morgan fingerprint density at radius 1 is 1.17 bits per heavy atom. The van der Waals surface area contributed by atoms with Crippen LogP contribution in [0.3, 0.4) is 0 Å². The molecule has 7 nitrogen and oxygen atoms in total. The molecule has 7 heteroatoms. The van der Waals surface area contributed by atoms with Gasteiger partial charge >= 0.3 is 0 Å². The van der Waals surface area contributed by atoms with E-state index in [4.69, 9.17) is 9.73 Å². The van der Waals surface area contributed by atoms with Crippen LogP contribution in [0.25, 0.3) is 11.0 Å². The molecule has 2 aromatic heterocycles. The van der Waals surface area contributed by atoms with E-state index in [1.807, 2.05) is 26.1 Å². The first-order chi connectivity index (χ1) is 14.5. The molecule has 0 atom stereocenters. The molecule has 0 saturated carbocycles. The van der Waals surface area contributed by atoms with Crippen LogP contribution in [0.4, 0.5) is 0 Å². The number of imidazole rings is 1. The second kappa shape index (κ2) is 10.1. The predicted molar refractivity (Wildman–Crippen MR) is 122 cm³/mol. The van der Waals surface area contributed by atoms with Crippen molar-refractivity contribution in [1.82, 2.24) is 25.2 Å². The van der Waals surface area contributed by atoms with Gasteiger partial charge in [-0.3, -0.25) is 4.98 Å². The number of aliphatic imine (C=N–C) groups is 1. The van der Waals surface area contributed by atoms with Gasteiger partial charge in [0.1, 0.15) is 11.6 Å². The highest BCUT2D eigenvalue weighted by molar-refractivity contribution is 5.79. The second-order valence-electron chi connectivity index (χ2n) is 7.32. The van der Waals surface area contributed by atoms with Crippen molar-refractivity contribution < 1.29 is 4.74 Å². The number of para-hydroxylation sites is 2. The van der Waals surface area contributed by atoms with Crippen molar-refractivity contribution >= 4 is 17.0 Å². The number of hydrogen-bond donors (Lipinski definition) is 2. The smallest absolute Gasteiger partial charge is 0.191 e. The number of methoxy groups -OCH3 is 1. The third-order valence-electron chi connectivity index (χ3n) is 5.18. The SMILES string of the molecule is CCNC(=NCc1ncc(C)c(OC)c1C)NCCCn1c(C)nc2ccccc21. The zero-order valence-electron chi connectivity index (χ0n) is 18.6. The maximum Gasteiger partial charge on any atom is 0.191 e. The molecule has 30 heavy (non-hydrogen) atoms. The lowest BCUT2D eigenvalue weighted by Crippen LogP contribution is -2.38. The first-order valence-corrected chi connectivity index (χ1v) is 10.5. The highest BCUT2D eigenvalue weighted by Crippen LogP contribution is 2.24. The van der Waals surface area contributed by atoms with Gasteiger partial charge in [-0.05, 0) is 46.2 Å². The molecule has 0 bridgehead atoms. The van der Waals surface area contributed by atoms with E-state index in [0.29, 0.717) is 6.54 Å². The van der Waals surface area contributed by atoms with E-state index in [1.165, 1.54) is 5.52 Å². The zero-order chi connectivity index (χ0) is 21.5. The van der Waals surface area contributed by atoms with Crippen LogP contribution in [-0.2, 0) is 13.1 Å². The minimum Gasteiger partial charge on any atom is -0.496 e. The molecule has 0 aliphatic carbocycles. The molecule has 0 saturated heterocycles. The minimum atomic E-state index is 0.503. The monoisotopic (exact) mass is 408 g/mol. The van der Waals surface area contributed by atoms with Crippen LogP contribution in [0.5, 0.6) is 5.75 Å². The Morgan fingerprint density at radius 2 is 1.97 bits per heavy atom. The van der Waals surface area contributed by atoms with E-state index < -0.39 is 0 Å². The fourth-order valence-corrected chi connectivity index (χ4v) is 3.65. The highest BCUT2D eigenvalue weighted by atomic mass is 16.5. The quantitative estimate of drug-likeness (QED) is 0.339. The van der Waals surface area contributed by atoms with Crippen LogP contribution in [0.15, 0.2) is 35.5 Å². The van der Waals surface area contributed by atoms with Gasteiger partial charge in [-0.2, -0.15) is 0 Å². The molecule has 2 heterocycles. The van der Waals surface area contributed by atoms with Crippen molar-refractivity contribution in [3.63, 3.8) is 0 Å². The number of nitrogens with zero attached hydrogens (tertiary/aromatic N) is 4. The van der Waals surface area contributed by atoms with Crippen molar-refractivity contribution in [2.45, 2.75) is 47.2 Å². The molecule has 0 radical (unpaired) electrons. The van der Waals surface area contributed by atoms with Gasteiger partial charge in [0.25, 0.3) is 0 Å². The fourth-order valence-electron chi connectivity index (χ4n) is 3.65. The Morgan fingerprint density at radius 3 is 2.73 bits per heavy atom. The lowest BCUT2D eigenvalue weighted by molar-refractivity contribution is 0.407. The molecule has 0 unspecified atom stereocenters. The summed E-state index contributed by atoms with van der Waals surface area (Å²) >= 11 is 0. The standard InChI is InChI=1S/C23H32N6O/c1-6-24-23(27-15-20-17(3)22(30-5)16(2)14-26-20)25-12-9-13-29-18(4)28-19-10-7-8-11-21(19)29/h7-8,10-11,14H,6,9,12-13,15H2,1-5H3,(H2,24,25,27). The van der Waals surface area contributed by atoms with Gasteiger partial charge in [0.05, 0.1) is 30.4 Å². The van der Waals surface area contributed by atoms with Gasteiger partial charge in [-0.15, -0.1) is 0 Å². The molecule has 160 valence electrons. The Balaban J connectivity index is 1.60. The van der Waals surface area contributed by atoms with Crippen LogP contribution in [0.2, 0.25) is 0 Å². The summed E-state index contributed by atoms with van der Waals surface area (Å²) in [6.07, 6.45) is 2.82. The van der Waals surface area contributed by atoms with Crippen LogP contribution < -0.4 is 15.4 Å². The second-order valence-corrected chi connectivity index (χ2v) is 7.32. The molecule has 2 N–H and O–H groups in total. The van der Waals surface area contributed by atoms with Crippen LogP contribution in [0, 0.1) is 20.8 Å². The van der Waals surface area contributed by atoms with E-state index in [9.17, 15) is 0 Å². The molecule has 0 spiro atoms. The number of aromatic nitrogens is 3. The number of hydrogen-bond acceptors (Lipinski definition) is 4. The van der Waals surface area contributed by atoms with Gasteiger partial charge in [0, 0.05) is 37.0 Å². The fraction of sp³-hybridized carbons (Fsp3) is 0.435. The molecule has 0 aliphatic rings. The van der Waals surface area contributed by atoms with Crippen LogP contribution in [-0.4, -0.2) is 40.7 Å². The van der Waals surface area contributed by atoms with Crippen LogP contribution in [0.1, 0.15) is 36.0 Å². The number of ether oxygens (including phenoxy) is 1. The Bertz CT molecular complexity index is 1020. The largest absolute Gasteiger partial charge is 0.496 e. The van der Waals surface area contributed by atoms with Gasteiger partial charge < -0.3 is 19.9 Å². The molecule has 0 aliphatic heterocycles. The van der Waals surface area contributed by atoms with Gasteiger partial charge in [0.15, 0.2) is 5.96 Å². The number of benzene rings is 1. The molecule has 3 aromatic rings. The number of guanidine groups is 1. The molecular formula is C23H32N6O. The number of rotatable bonds is 8. The minimum absolute atomic E-state index is 0.503. The number of nitrogens with one attached hydrogen (secondary N) is 2. The van der Waals surface area contributed by atoms with E-state index >= 15 is 0 Å². The van der Waals surface area contributed by atoms with Crippen LogP contribution >= 0.6 is 0 Å². The molecule has 0 fully saturated rings. The summed E-state index contributed by atoms with van der Waals surface area (Å²) in [5, 5.41) is 6.73. The number of pyridine rings is 1. The van der Waals surface area contributed by atoms with Crippen molar-refractivity contribution in [2.24, 2.45) is 4.99 Å². The summed E-state index contributed by atoms with van der Waals surface area (Å²) in [5.41, 5.74) is 5.24. The van der Waals surface area contributed by atoms with Gasteiger partial charge in [0.2, 0.25) is 0 Å². The molecular weight excluding hydrogens is 376 g/mol. The first-order valence-electron chi connectivity index (χ1n) is 10.5. The average Bonchev–Trinajstić information content (AvgIpc) is 3.05. The first kappa shape index (κ1) is 21.6. The van der Waals surface area contributed by atoms with Gasteiger partial charge in [-0.25, -0.2) is 9.98 Å².